The maximum Gasteiger partial charge on any atom is 0.191 e. The summed E-state index contributed by atoms with van der Waals surface area (Å²) in [6.07, 6.45) is 9.91. The highest BCUT2D eigenvalue weighted by Crippen LogP contribution is 2.34. The van der Waals surface area contributed by atoms with Crippen molar-refractivity contribution < 1.29 is 4.74 Å². The van der Waals surface area contributed by atoms with Crippen LogP contribution in [0.2, 0.25) is 0 Å². The molecule has 3 rings (SSSR count). The number of guanidine groups is 1. The third kappa shape index (κ3) is 3.63. The first kappa shape index (κ1) is 15.6. The molecular weight excluding hydrogens is 369 g/mol. The predicted octanol–water partition coefficient (Wildman–Crippen LogP) is 0.986. The lowest BCUT2D eigenvalue weighted by molar-refractivity contribution is 0.0992. The molecule has 2 aliphatic rings. The second-order valence-corrected chi connectivity index (χ2v) is 5.16. The van der Waals surface area contributed by atoms with Crippen LogP contribution >= 0.6 is 24.0 Å². The summed E-state index contributed by atoms with van der Waals surface area (Å²) >= 11 is 0. The fourth-order valence-corrected chi connectivity index (χ4v) is 2.88. The summed E-state index contributed by atoms with van der Waals surface area (Å²) in [5.41, 5.74) is 0. The van der Waals surface area contributed by atoms with Gasteiger partial charge in [0, 0.05) is 32.5 Å². The van der Waals surface area contributed by atoms with Gasteiger partial charge in [0.05, 0.1) is 24.6 Å². The van der Waals surface area contributed by atoms with Crippen LogP contribution < -0.4 is 10.6 Å². The number of nitrogens with one attached hydrogen (secondary N) is 2. The Labute approximate surface area is 136 Å². The lowest BCUT2D eigenvalue weighted by Crippen LogP contribution is -2.48. The van der Waals surface area contributed by atoms with E-state index in [9.17, 15) is 0 Å². The zero-order valence-electron chi connectivity index (χ0n) is 11.7. The second-order valence-electron chi connectivity index (χ2n) is 5.16. The van der Waals surface area contributed by atoms with Gasteiger partial charge in [0.1, 0.15) is 0 Å². The average molecular weight is 391 g/mol. The minimum absolute atomic E-state index is 0. The van der Waals surface area contributed by atoms with Crippen LogP contribution in [0.4, 0.5) is 0 Å². The van der Waals surface area contributed by atoms with Gasteiger partial charge in [-0.15, -0.1) is 24.0 Å². The van der Waals surface area contributed by atoms with E-state index in [1.165, 1.54) is 12.8 Å². The van der Waals surface area contributed by atoms with Gasteiger partial charge in [0.25, 0.3) is 0 Å². The van der Waals surface area contributed by atoms with Crippen molar-refractivity contribution >= 4 is 29.9 Å². The number of hydrogen-bond donors (Lipinski definition) is 2. The monoisotopic (exact) mass is 391 g/mol. The largest absolute Gasteiger partial charge is 0.373 e. The van der Waals surface area contributed by atoms with Crippen LogP contribution in [-0.4, -0.2) is 47.4 Å². The van der Waals surface area contributed by atoms with Gasteiger partial charge >= 0.3 is 0 Å². The van der Waals surface area contributed by atoms with Crippen LogP contribution in [-0.2, 0) is 11.3 Å². The van der Waals surface area contributed by atoms with Crippen molar-refractivity contribution in [3.63, 3.8) is 0 Å². The van der Waals surface area contributed by atoms with E-state index in [1.54, 1.807) is 13.2 Å². The van der Waals surface area contributed by atoms with Gasteiger partial charge in [-0.2, -0.15) is 0 Å². The molecule has 2 saturated heterocycles. The minimum Gasteiger partial charge on any atom is -0.373 e. The number of ether oxygens (including phenoxy) is 1. The van der Waals surface area contributed by atoms with E-state index in [2.05, 4.69) is 20.6 Å². The number of hydrogen-bond acceptors (Lipinski definition) is 3. The third-order valence-electron chi connectivity index (χ3n) is 3.87. The second kappa shape index (κ2) is 7.26. The highest BCUT2D eigenvalue weighted by Gasteiger charge is 2.40. The number of fused-ring (bicyclic) bond motifs is 2. The van der Waals surface area contributed by atoms with Crippen molar-refractivity contribution in [3.05, 3.63) is 18.7 Å². The van der Waals surface area contributed by atoms with Gasteiger partial charge in [-0.05, 0) is 19.3 Å². The Morgan fingerprint density at radius 1 is 1.50 bits per heavy atom. The van der Waals surface area contributed by atoms with Gasteiger partial charge in [0.2, 0.25) is 0 Å². The number of aromatic nitrogens is 2. The first-order valence-electron chi connectivity index (χ1n) is 6.93. The third-order valence-corrected chi connectivity index (χ3v) is 3.87. The first-order valence-corrected chi connectivity index (χ1v) is 6.93. The number of aliphatic imine (C=N–C) groups is 1. The molecule has 1 aromatic rings. The molecule has 0 aliphatic carbocycles. The number of halogens is 1. The zero-order valence-corrected chi connectivity index (χ0v) is 14.0. The van der Waals surface area contributed by atoms with Crippen molar-refractivity contribution in [1.82, 2.24) is 20.2 Å². The van der Waals surface area contributed by atoms with Gasteiger partial charge in [-0.3, -0.25) is 4.99 Å². The molecular formula is C13H22IN5O. The van der Waals surface area contributed by atoms with Gasteiger partial charge in [0.15, 0.2) is 5.96 Å². The molecule has 112 valence electrons. The minimum atomic E-state index is 0. The molecule has 20 heavy (non-hydrogen) atoms. The molecule has 3 unspecified atom stereocenters. The van der Waals surface area contributed by atoms with Crippen LogP contribution in [0.1, 0.15) is 19.3 Å². The van der Waals surface area contributed by atoms with E-state index in [0.717, 1.165) is 25.5 Å². The Balaban J connectivity index is 0.00000147. The Hall–Kier alpha value is -0.830. The molecule has 0 aromatic carbocycles. The molecule has 6 nitrogen and oxygen atoms in total. The van der Waals surface area contributed by atoms with E-state index in [0.29, 0.717) is 18.2 Å². The molecule has 1 aromatic heterocycles. The molecule has 7 heteroatoms. The molecule has 0 radical (unpaired) electrons. The summed E-state index contributed by atoms with van der Waals surface area (Å²) in [7, 11) is 1.81. The van der Waals surface area contributed by atoms with E-state index in [4.69, 9.17) is 4.74 Å². The van der Waals surface area contributed by atoms with Crippen LogP contribution in [0.15, 0.2) is 23.7 Å². The maximum atomic E-state index is 5.84. The summed E-state index contributed by atoms with van der Waals surface area (Å²) in [6.45, 7) is 1.71. The maximum absolute atomic E-state index is 5.84. The molecule has 2 N–H and O–H groups in total. The quantitative estimate of drug-likeness (QED) is 0.457. The van der Waals surface area contributed by atoms with Crippen LogP contribution in [0.25, 0.3) is 0 Å². The highest BCUT2D eigenvalue weighted by atomic mass is 127. The van der Waals surface area contributed by atoms with E-state index in [-0.39, 0.29) is 24.0 Å². The lowest BCUT2D eigenvalue weighted by Gasteiger charge is -2.22. The average Bonchev–Trinajstić information content (AvgIpc) is 3.14. The summed E-state index contributed by atoms with van der Waals surface area (Å²) in [5, 5.41) is 6.79. The van der Waals surface area contributed by atoms with Crippen LogP contribution in [0.5, 0.6) is 0 Å². The standard InChI is InChI=1S/C13H21N5O.HI/c1-14-13(16-5-7-18-6-4-15-9-18)17-11-8-10-2-3-12(11)19-10;/h4,6,9-12H,2-3,5,7-8H2,1H3,(H2,14,16,17);1H. The van der Waals surface area contributed by atoms with E-state index < -0.39 is 0 Å². The molecule has 0 saturated carbocycles. The highest BCUT2D eigenvalue weighted by molar-refractivity contribution is 14.0. The Kier molecular flexibility index (Phi) is 5.64. The first-order chi connectivity index (χ1) is 9.35. The molecule has 2 aliphatic heterocycles. The lowest BCUT2D eigenvalue weighted by atomic mass is 9.96. The Morgan fingerprint density at radius 2 is 2.40 bits per heavy atom. The summed E-state index contributed by atoms with van der Waals surface area (Å²) in [6, 6.07) is 0.415. The van der Waals surface area contributed by atoms with Crippen molar-refractivity contribution in [2.45, 2.75) is 44.1 Å². The molecule has 2 fully saturated rings. The van der Waals surface area contributed by atoms with E-state index in [1.807, 2.05) is 17.1 Å². The predicted molar refractivity (Wildman–Crippen MR) is 88.4 cm³/mol. The fraction of sp³-hybridized carbons (Fsp3) is 0.692. The summed E-state index contributed by atoms with van der Waals surface area (Å²) in [5.74, 6) is 0.862. The zero-order chi connectivity index (χ0) is 13.1. The normalized spacial score (nSPS) is 28.2. The molecule has 0 spiro atoms. The number of nitrogens with zero attached hydrogens (tertiary/aromatic N) is 3. The topological polar surface area (TPSA) is 63.5 Å². The van der Waals surface area contributed by atoms with Crippen molar-refractivity contribution in [2.24, 2.45) is 4.99 Å². The molecule has 3 heterocycles. The fourth-order valence-electron chi connectivity index (χ4n) is 2.88. The van der Waals surface area contributed by atoms with Gasteiger partial charge < -0.3 is 19.9 Å². The molecule has 3 atom stereocenters. The van der Waals surface area contributed by atoms with E-state index >= 15 is 0 Å². The SMILES string of the molecule is CN=C(NCCn1ccnc1)NC1CC2CCC1O2.I. The van der Waals surface area contributed by atoms with Gasteiger partial charge in [-0.1, -0.05) is 0 Å². The number of rotatable bonds is 4. The Morgan fingerprint density at radius 3 is 3.00 bits per heavy atom. The van der Waals surface area contributed by atoms with Crippen molar-refractivity contribution in [2.75, 3.05) is 13.6 Å². The van der Waals surface area contributed by atoms with Crippen LogP contribution in [0.3, 0.4) is 0 Å². The smallest absolute Gasteiger partial charge is 0.191 e. The number of imidazole rings is 1. The Bertz CT molecular complexity index is 436. The summed E-state index contributed by atoms with van der Waals surface area (Å²) < 4.78 is 7.88. The molecule has 2 bridgehead atoms. The van der Waals surface area contributed by atoms with Crippen molar-refractivity contribution in [3.8, 4) is 0 Å². The summed E-state index contributed by atoms with van der Waals surface area (Å²) in [4.78, 5) is 8.29. The van der Waals surface area contributed by atoms with Crippen LogP contribution in [0, 0.1) is 0 Å². The molecule has 0 amide bonds. The van der Waals surface area contributed by atoms with Crippen molar-refractivity contribution in [1.29, 1.82) is 0 Å². The van der Waals surface area contributed by atoms with Gasteiger partial charge in [-0.25, -0.2) is 4.98 Å².